The minimum absolute atomic E-state index is 0.0447. The molecule has 48 heavy (non-hydrogen) atoms. The minimum Gasteiger partial charge on any atom is -0.466 e. The zero-order chi connectivity index (χ0) is 33.3. The Bertz CT molecular complexity index is 1590. The molecule has 6 aliphatic rings. The van der Waals surface area contributed by atoms with Crippen molar-refractivity contribution in [2.75, 3.05) is 6.61 Å². The van der Waals surface area contributed by atoms with E-state index in [0.29, 0.717) is 52.9 Å². The monoisotopic (exact) mass is 670 g/mol. The number of thiol groups is 1. The number of ether oxygens (including phenoxy) is 3. The molecule has 0 aromatic heterocycles. The van der Waals surface area contributed by atoms with Gasteiger partial charge >= 0.3 is 17.9 Å². The van der Waals surface area contributed by atoms with Crippen LogP contribution in [0.2, 0.25) is 0 Å². The van der Waals surface area contributed by atoms with Crippen LogP contribution in [0.3, 0.4) is 0 Å². The fraction of sp³-hybridized carbons (Fsp3) is 0.634. The van der Waals surface area contributed by atoms with Crippen molar-refractivity contribution in [1.29, 1.82) is 0 Å². The number of carbonyl (C=O) groups is 3. The highest BCUT2D eigenvalue weighted by atomic mass is 32.1. The molecule has 0 saturated heterocycles. The van der Waals surface area contributed by atoms with Crippen molar-refractivity contribution in [3.05, 3.63) is 65.2 Å². The molecule has 0 heterocycles. The van der Waals surface area contributed by atoms with Gasteiger partial charge in [0.2, 0.25) is 0 Å². The first-order chi connectivity index (χ1) is 23.1. The molecule has 5 saturated carbocycles. The van der Waals surface area contributed by atoms with E-state index in [2.05, 4.69) is 26.0 Å². The molecule has 6 nitrogen and oxygen atoms in total. The van der Waals surface area contributed by atoms with Crippen LogP contribution in [-0.4, -0.2) is 35.4 Å². The molecule has 5 unspecified atom stereocenters. The van der Waals surface area contributed by atoms with Gasteiger partial charge in [0.05, 0.1) is 25.0 Å². The smallest absolute Gasteiger partial charge is 0.343 e. The Morgan fingerprint density at radius 2 is 1.71 bits per heavy atom. The summed E-state index contributed by atoms with van der Waals surface area (Å²) in [4.78, 5) is 38.3. The van der Waals surface area contributed by atoms with E-state index >= 15 is 0 Å². The van der Waals surface area contributed by atoms with Crippen LogP contribution in [0.5, 0.6) is 5.75 Å². The maximum atomic E-state index is 13.0. The topological polar surface area (TPSA) is 78.9 Å². The summed E-state index contributed by atoms with van der Waals surface area (Å²) in [6.45, 7) is 5.03. The molecule has 0 amide bonds. The molecule has 0 radical (unpaired) electrons. The second kappa shape index (κ2) is 12.2. The van der Waals surface area contributed by atoms with Gasteiger partial charge in [-0.1, -0.05) is 38.1 Å². The predicted octanol–water partition coefficient (Wildman–Crippen LogP) is 8.51. The van der Waals surface area contributed by atoms with Crippen LogP contribution < -0.4 is 4.74 Å². The van der Waals surface area contributed by atoms with E-state index in [1.165, 1.54) is 36.8 Å². The van der Waals surface area contributed by atoms with E-state index < -0.39 is 0 Å². The highest BCUT2D eigenvalue weighted by molar-refractivity contribution is 7.81. The van der Waals surface area contributed by atoms with Gasteiger partial charge in [0.25, 0.3) is 0 Å². The van der Waals surface area contributed by atoms with Crippen LogP contribution in [0.15, 0.2) is 48.5 Å². The third-order valence-corrected chi connectivity index (χ3v) is 15.3. The molecule has 2 aromatic rings. The Labute approximate surface area is 290 Å². The zero-order valence-electron chi connectivity index (χ0n) is 28.5. The lowest BCUT2D eigenvalue weighted by Gasteiger charge is -2.50. The summed E-state index contributed by atoms with van der Waals surface area (Å²) in [5.74, 6) is 3.29. The van der Waals surface area contributed by atoms with Crippen molar-refractivity contribution >= 4 is 30.5 Å². The van der Waals surface area contributed by atoms with Crippen molar-refractivity contribution in [1.82, 2.24) is 0 Å². The normalized spacial score (nSPS) is 38.5. The minimum atomic E-state index is -0.334. The van der Waals surface area contributed by atoms with Gasteiger partial charge in [0.15, 0.2) is 0 Å². The second-order valence-corrected chi connectivity index (χ2v) is 17.4. The Morgan fingerprint density at radius 1 is 0.917 bits per heavy atom. The van der Waals surface area contributed by atoms with Crippen molar-refractivity contribution in [2.45, 2.75) is 114 Å². The highest BCUT2D eigenvalue weighted by Crippen LogP contribution is 2.75. The number of hydrogen-bond donors (Lipinski definition) is 1. The Morgan fingerprint density at radius 3 is 2.54 bits per heavy atom. The van der Waals surface area contributed by atoms with Crippen LogP contribution in [-0.2, 0) is 25.5 Å². The zero-order valence-corrected chi connectivity index (χ0v) is 29.4. The number of fused-ring (bicyclic) bond motifs is 6. The van der Waals surface area contributed by atoms with E-state index in [1.54, 1.807) is 12.1 Å². The van der Waals surface area contributed by atoms with Gasteiger partial charge in [-0.3, -0.25) is 9.59 Å². The molecule has 0 N–H and O–H groups in total. The van der Waals surface area contributed by atoms with Crippen molar-refractivity contribution < 1.29 is 28.6 Å². The second-order valence-electron chi connectivity index (χ2n) is 16.6. The number of esters is 3. The highest BCUT2D eigenvalue weighted by Gasteiger charge is 2.67. The maximum Gasteiger partial charge on any atom is 0.343 e. The lowest BCUT2D eigenvalue weighted by atomic mass is 9.55. The third kappa shape index (κ3) is 5.60. The summed E-state index contributed by atoms with van der Waals surface area (Å²) in [6, 6.07) is 15.3. The Kier molecular flexibility index (Phi) is 8.24. The van der Waals surface area contributed by atoms with Gasteiger partial charge in [0.1, 0.15) is 11.9 Å². The molecular weight excluding hydrogens is 621 g/mol. The molecular formula is C41H50O6S. The van der Waals surface area contributed by atoms with Crippen molar-refractivity contribution in [2.24, 2.45) is 40.4 Å². The number of benzene rings is 2. The maximum absolute atomic E-state index is 13.0. The summed E-state index contributed by atoms with van der Waals surface area (Å²) in [7, 11) is 0. The average molecular weight is 671 g/mol. The first-order valence-corrected chi connectivity index (χ1v) is 19.0. The fourth-order valence-electron chi connectivity index (χ4n) is 11.6. The lowest BCUT2D eigenvalue weighted by Crippen LogP contribution is -2.45. The molecule has 10 atom stereocenters. The van der Waals surface area contributed by atoms with Crippen LogP contribution in [0.4, 0.5) is 0 Å². The molecule has 2 bridgehead atoms. The van der Waals surface area contributed by atoms with E-state index in [4.69, 9.17) is 26.8 Å². The molecule has 256 valence electrons. The van der Waals surface area contributed by atoms with Gasteiger partial charge in [-0.15, -0.1) is 0 Å². The molecule has 0 aliphatic heterocycles. The van der Waals surface area contributed by atoms with Gasteiger partial charge in [-0.05, 0) is 147 Å². The number of rotatable bonds is 9. The lowest BCUT2D eigenvalue weighted by molar-refractivity contribution is -0.160. The first-order valence-electron chi connectivity index (χ1n) is 18.6. The Hall–Kier alpha value is -2.80. The molecule has 7 heteroatoms. The van der Waals surface area contributed by atoms with Crippen molar-refractivity contribution in [3.8, 4) is 5.75 Å². The van der Waals surface area contributed by atoms with Gasteiger partial charge in [0, 0.05) is 10.2 Å². The van der Waals surface area contributed by atoms with Gasteiger partial charge < -0.3 is 14.2 Å². The van der Waals surface area contributed by atoms with Gasteiger partial charge in [-0.25, -0.2) is 4.79 Å². The van der Waals surface area contributed by atoms with Crippen LogP contribution >= 0.6 is 12.6 Å². The average Bonchev–Trinajstić information content (AvgIpc) is 3.45. The van der Waals surface area contributed by atoms with E-state index in [1.807, 2.05) is 24.3 Å². The van der Waals surface area contributed by atoms with Gasteiger partial charge in [-0.2, -0.15) is 12.6 Å². The van der Waals surface area contributed by atoms with E-state index in [9.17, 15) is 14.4 Å². The molecule has 2 aromatic carbocycles. The summed E-state index contributed by atoms with van der Waals surface area (Å²) in [5.41, 5.74) is 3.80. The van der Waals surface area contributed by atoms with Crippen molar-refractivity contribution in [3.63, 3.8) is 0 Å². The number of hydrogen-bond acceptors (Lipinski definition) is 7. The molecule has 6 aliphatic carbocycles. The number of aryl methyl sites for hydroxylation is 1. The van der Waals surface area contributed by atoms with Crippen LogP contribution in [0.1, 0.15) is 118 Å². The summed E-state index contributed by atoms with van der Waals surface area (Å²) < 4.78 is 17.5. The fourth-order valence-corrected chi connectivity index (χ4v) is 12.0. The standard InChI is InChI=1S/C41H50O6S/c1-25-22-40-23-28(40)21-29(24-40)41(25,48)18-19-45-36(42)14-15-37(43)47-35-13-12-34-33-10-8-27-20-30(46-38(44)26-6-4-3-5-7-26)9-11-31(27)32(33)16-17-39(34,35)2/h3-7,9,11,20,25,28-29,32-35,48H,8,10,12-19,21-24H2,1-2H3/t25?,28?,29?,32-,33-,34+,35+,39+,40?,41?/m1/s1. The van der Waals surface area contributed by atoms with E-state index in [-0.39, 0.29) is 47.0 Å². The largest absolute Gasteiger partial charge is 0.466 e. The summed E-state index contributed by atoms with van der Waals surface area (Å²) in [5, 5.41) is 0. The summed E-state index contributed by atoms with van der Waals surface area (Å²) in [6.07, 6.45) is 12.2. The van der Waals surface area contributed by atoms with Crippen LogP contribution in [0.25, 0.3) is 0 Å². The Balaban J connectivity index is 0.814. The molecule has 8 rings (SSSR count). The van der Waals surface area contributed by atoms with E-state index in [0.717, 1.165) is 50.9 Å². The summed E-state index contributed by atoms with van der Waals surface area (Å²) >= 11 is 5.19. The third-order valence-electron chi connectivity index (χ3n) is 14.3. The molecule has 1 spiro atoms. The first kappa shape index (κ1) is 32.4. The number of carbonyl (C=O) groups excluding carboxylic acids is 3. The predicted molar refractivity (Wildman–Crippen MR) is 186 cm³/mol. The SMILES string of the molecule is CC1CC23CC2CC(C3)C1(S)CCOC(=O)CCC(=O)O[C@H]1CC[C@H]2[C@@H]3CCc4cc(OC(=O)c5ccccc5)ccc4[C@H]3CC[C@]12C. The molecule has 5 fully saturated rings. The quantitative estimate of drug-likeness (QED) is 0.164. The van der Waals surface area contributed by atoms with Crippen LogP contribution in [0, 0.1) is 40.4 Å².